The highest BCUT2D eigenvalue weighted by atomic mass is 16.5. The molecule has 0 aliphatic carbocycles. The highest BCUT2D eigenvalue weighted by molar-refractivity contribution is 5.80. The predicted molar refractivity (Wildman–Crippen MR) is 38.3 cm³/mol. The Bertz CT molecular complexity index is 129. The molecule has 0 heterocycles. The van der Waals surface area contributed by atoms with E-state index in [0.717, 1.165) is 6.08 Å². The predicted octanol–water partition coefficient (Wildman–Crippen LogP) is -0.816. The molecule has 0 fully saturated rings. The zero-order valence-corrected chi connectivity index (χ0v) is 5.76. The van der Waals surface area contributed by atoms with Gasteiger partial charge in [0.1, 0.15) is 0 Å². The maximum Gasteiger partial charge on any atom is 0.329 e. The second-order valence-corrected chi connectivity index (χ2v) is 1.18. The Morgan fingerprint density at radius 2 is 2.00 bits per heavy atom. The van der Waals surface area contributed by atoms with Gasteiger partial charge >= 0.3 is 5.97 Å². The molecule has 58 valence electrons. The van der Waals surface area contributed by atoms with E-state index in [9.17, 15) is 4.79 Å². The van der Waals surface area contributed by atoms with E-state index in [1.54, 1.807) is 0 Å². The first-order valence-corrected chi connectivity index (χ1v) is 2.34. The molecule has 0 rings (SSSR count). The molecule has 0 saturated heterocycles. The van der Waals surface area contributed by atoms with Crippen LogP contribution >= 0.6 is 0 Å². The second kappa shape index (κ2) is 7.48. The molecular weight excluding hydrogens is 134 g/mol. The summed E-state index contributed by atoms with van der Waals surface area (Å²) in [4.78, 5) is 9.84. The van der Waals surface area contributed by atoms with E-state index in [4.69, 9.17) is 5.41 Å². The van der Waals surface area contributed by atoms with Crippen LogP contribution in [0.1, 0.15) is 0 Å². The fourth-order valence-electron chi connectivity index (χ4n) is 0.0833. The van der Waals surface area contributed by atoms with Crippen molar-refractivity contribution in [1.82, 2.24) is 0 Å². The fourth-order valence-corrected chi connectivity index (χ4v) is 0.0833. The number of hydrogen-bond donors (Lipinski definition) is 3. The van der Waals surface area contributed by atoms with Gasteiger partial charge in [-0.1, -0.05) is 6.58 Å². The SMILES string of the molecule is C=CC(=O)OC.N=C(N)N. The van der Waals surface area contributed by atoms with Crippen molar-refractivity contribution in [1.29, 1.82) is 5.41 Å². The number of carbonyl (C=O) groups is 1. The van der Waals surface area contributed by atoms with Gasteiger partial charge in [0.25, 0.3) is 0 Å². The topological polar surface area (TPSA) is 102 Å². The Hall–Kier alpha value is -1.52. The van der Waals surface area contributed by atoms with Gasteiger partial charge in [-0.05, 0) is 0 Å². The number of guanidine groups is 1. The molecule has 10 heavy (non-hydrogen) atoms. The number of carbonyl (C=O) groups excluding carboxylic acids is 1. The largest absolute Gasteiger partial charge is 0.466 e. The summed E-state index contributed by atoms with van der Waals surface area (Å²) in [5, 5.41) is 6.06. The fraction of sp³-hybridized carbons (Fsp3) is 0.200. The number of hydrogen-bond acceptors (Lipinski definition) is 3. The molecule has 0 aromatic heterocycles. The average molecular weight is 145 g/mol. The van der Waals surface area contributed by atoms with Crippen LogP contribution in [-0.2, 0) is 9.53 Å². The van der Waals surface area contributed by atoms with Crippen LogP contribution in [0.25, 0.3) is 0 Å². The highest BCUT2D eigenvalue weighted by Gasteiger charge is 1.81. The zero-order valence-electron chi connectivity index (χ0n) is 5.76. The quantitative estimate of drug-likeness (QED) is 0.194. The van der Waals surface area contributed by atoms with E-state index in [1.807, 2.05) is 0 Å². The van der Waals surface area contributed by atoms with Crippen molar-refractivity contribution in [2.45, 2.75) is 0 Å². The van der Waals surface area contributed by atoms with Gasteiger partial charge in [-0.25, -0.2) is 4.79 Å². The van der Waals surface area contributed by atoms with Crippen molar-refractivity contribution < 1.29 is 9.53 Å². The van der Waals surface area contributed by atoms with Crippen LogP contribution in [0.5, 0.6) is 0 Å². The standard InChI is InChI=1S/C4H6O2.CH5N3/c1-3-4(5)6-2;2-1(3)4/h3H,1H2,2H3;(H5,2,3,4). The van der Waals surface area contributed by atoms with E-state index in [1.165, 1.54) is 7.11 Å². The Labute approximate surface area is 59.2 Å². The van der Waals surface area contributed by atoms with Gasteiger partial charge in [-0.2, -0.15) is 0 Å². The Kier molecular flexibility index (Phi) is 8.45. The zero-order chi connectivity index (χ0) is 8.57. The third-order valence-electron chi connectivity index (χ3n) is 0.368. The summed E-state index contributed by atoms with van der Waals surface area (Å²) in [6.45, 7) is 3.16. The second-order valence-electron chi connectivity index (χ2n) is 1.18. The Morgan fingerprint density at radius 1 is 1.70 bits per heavy atom. The maximum atomic E-state index is 9.84. The lowest BCUT2D eigenvalue weighted by atomic mass is 10.7. The lowest BCUT2D eigenvalue weighted by Gasteiger charge is -1.83. The Balaban J connectivity index is 0. The summed E-state index contributed by atoms with van der Waals surface area (Å²) >= 11 is 0. The minimum Gasteiger partial charge on any atom is -0.466 e. The van der Waals surface area contributed by atoms with Crippen LogP contribution in [0.15, 0.2) is 12.7 Å². The van der Waals surface area contributed by atoms with Crippen LogP contribution in [0.4, 0.5) is 0 Å². The molecule has 0 saturated carbocycles. The molecule has 0 spiro atoms. The molecule has 0 atom stereocenters. The van der Waals surface area contributed by atoms with Gasteiger partial charge in [0.05, 0.1) is 7.11 Å². The smallest absolute Gasteiger partial charge is 0.329 e. The number of rotatable bonds is 1. The van der Waals surface area contributed by atoms with E-state index in [-0.39, 0.29) is 5.96 Å². The molecule has 0 aliphatic heterocycles. The minimum atomic E-state index is -0.394. The molecule has 0 aromatic rings. The van der Waals surface area contributed by atoms with Gasteiger partial charge in [0, 0.05) is 6.08 Å². The van der Waals surface area contributed by atoms with E-state index in [0.29, 0.717) is 0 Å². The lowest BCUT2D eigenvalue weighted by Crippen LogP contribution is -2.20. The molecular formula is C5H11N3O2. The van der Waals surface area contributed by atoms with Crippen LogP contribution in [0.2, 0.25) is 0 Å². The van der Waals surface area contributed by atoms with E-state index < -0.39 is 5.97 Å². The number of ether oxygens (including phenoxy) is 1. The number of methoxy groups -OCH3 is 1. The van der Waals surface area contributed by atoms with Crippen molar-refractivity contribution in [3.8, 4) is 0 Å². The third-order valence-corrected chi connectivity index (χ3v) is 0.368. The summed E-state index contributed by atoms with van der Waals surface area (Å²) in [6, 6.07) is 0. The summed E-state index contributed by atoms with van der Waals surface area (Å²) in [7, 11) is 1.31. The van der Waals surface area contributed by atoms with Crippen molar-refractivity contribution in [2.24, 2.45) is 11.5 Å². The molecule has 0 aromatic carbocycles. The first-order valence-electron chi connectivity index (χ1n) is 2.34. The summed E-state index contributed by atoms with van der Waals surface area (Å²) < 4.78 is 4.14. The maximum absolute atomic E-state index is 9.84. The van der Waals surface area contributed by atoms with E-state index >= 15 is 0 Å². The normalized spacial score (nSPS) is 6.50. The third kappa shape index (κ3) is 31.6. The van der Waals surface area contributed by atoms with Gasteiger partial charge in [-0.3, -0.25) is 5.41 Å². The summed E-state index contributed by atoms with van der Waals surface area (Å²) in [5.74, 6) is -0.727. The van der Waals surface area contributed by atoms with Gasteiger partial charge in [-0.15, -0.1) is 0 Å². The summed E-state index contributed by atoms with van der Waals surface area (Å²) in [5.41, 5.74) is 8.94. The number of esters is 1. The highest BCUT2D eigenvalue weighted by Crippen LogP contribution is 1.67. The first-order chi connectivity index (χ1) is 4.54. The molecule has 5 N–H and O–H groups in total. The molecule has 0 amide bonds. The van der Waals surface area contributed by atoms with Crippen molar-refractivity contribution in [3.63, 3.8) is 0 Å². The van der Waals surface area contributed by atoms with E-state index in [2.05, 4.69) is 22.8 Å². The lowest BCUT2D eigenvalue weighted by molar-refractivity contribution is -0.134. The number of nitrogens with two attached hydrogens (primary N) is 2. The Morgan fingerprint density at radius 3 is 2.00 bits per heavy atom. The average Bonchev–Trinajstić information content (AvgIpc) is 1.85. The summed E-state index contributed by atoms with van der Waals surface area (Å²) in [6.07, 6.45) is 1.11. The van der Waals surface area contributed by atoms with Crippen LogP contribution < -0.4 is 11.5 Å². The molecule has 5 nitrogen and oxygen atoms in total. The van der Waals surface area contributed by atoms with Crippen LogP contribution in [-0.4, -0.2) is 19.0 Å². The molecule has 0 radical (unpaired) electrons. The van der Waals surface area contributed by atoms with Crippen molar-refractivity contribution in [3.05, 3.63) is 12.7 Å². The van der Waals surface area contributed by atoms with Crippen LogP contribution in [0.3, 0.4) is 0 Å². The number of nitrogens with one attached hydrogen (secondary N) is 1. The van der Waals surface area contributed by atoms with Crippen LogP contribution in [0, 0.1) is 5.41 Å². The van der Waals surface area contributed by atoms with Gasteiger partial charge in [0.15, 0.2) is 5.96 Å². The molecule has 0 bridgehead atoms. The monoisotopic (exact) mass is 145 g/mol. The molecule has 5 heteroatoms. The van der Waals surface area contributed by atoms with Gasteiger partial charge < -0.3 is 16.2 Å². The first kappa shape index (κ1) is 11.3. The molecule has 0 unspecified atom stereocenters. The molecule has 0 aliphatic rings. The van der Waals surface area contributed by atoms with Crippen molar-refractivity contribution in [2.75, 3.05) is 7.11 Å². The minimum absolute atomic E-state index is 0.333. The van der Waals surface area contributed by atoms with Crippen molar-refractivity contribution >= 4 is 11.9 Å². The van der Waals surface area contributed by atoms with Gasteiger partial charge in [0.2, 0.25) is 0 Å².